The van der Waals surface area contributed by atoms with Crippen molar-refractivity contribution in [3.05, 3.63) is 16.4 Å². The van der Waals surface area contributed by atoms with Crippen LogP contribution in [0.4, 0.5) is 0 Å². The number of hydrogen-bond acceptors (Lipinski definition) is 3. The Bertz CT molecular complexity index is 252. The largest absolute Gasteiger partial charge is 0.359 e. The van der Waals surface area contributed by atoms with Crippen LogP contribution < -0.4 is 5.32 Å². The van der Waals surface area contributed by atoms with Crippen LogP contribution in [0.1, 0.15) is 26.5 Å². The fraction of sp³-hybridized carbons (Fsp3) is 0.625. The van der Waals surface area contributed by atoms with Crippen LogP contribution in [0.3, 0.4) is 0 Å². The van der Waals surface area contributed by atoms with Gasteiger partial charge in [0.1, 0.15) is 4.60 Å². The number of nitrogens with one attached hydrogen (secondary N) is 1. The summed E-state index contributed by atoms with van der Waals surface area (Å²) in [6.45, 7) is 7.04. The third-order valence-electron chi connectivity index (χ3n) is 1.32. The average molecular weight is 233 g/mol. The Labute approximate surface area is 80.6 Å². The standard InChI is InChI=1S/C8H13BrN2O/c1-8(2,3)10-5-6-4-7(9)11-12-6/h4,10H,5H2,1-3H3. The minimum Gasteiger partial charge on any atom is -0.359 e. The number of rotatable bonds is 2. The zero-order chi connectivity index (χ0) is 9.19. The van der Waals surface area contributed by atoms with Gasteiger partial charge in [0, 0.05) is 11.6 Å². The lowest BCUT2D eigenvalue weighted by molar-refractivity contribution is 0.340. The third kappa shape index (κ3) is 3.36. The maximum atomic E-state index is 5.00. The van der Waals surface area contributed by atoms with Gasteiger partial charge in [-0.3, -0.25) is 0 Å². The van der Waals surface area contributed by atoms with E-state index in [1.165, 1.54) is 0 Å². The lowest BCUT2D eigenvalue weighted by Gasteiger charge is -2.18. The molecule has 0 bridgehead atoms. The lowest BCUT2D eigenvalue weighted by Crippen LogP contribution is -2.34. The van der Waals surface area contributed by atoms with Gasteiger partial charge < -0.3 is 9.84 Å². The van der Waals surface area contributed by atoms with E-state index in [0.29, 0.717) is 6.54 Å². The second-order valence-electron chi connectivity index (χ2n) is 3.72. The third-order valence-corrected chi connectivity index (χ3v) is 1.70. The van der Waals surface area contributed by atoms with Crippen molar-refractivity contribution >= 4 is 15.9 Å². The van der Waals surface area contributed by atoms with Gasteiger partial charge in [0.05, 0.1) is 6.54 Å². The molecule has 0 aromatic carbocycles. The van der Waals surface area contributed by atoms with Crippen LogP contribution in [-0.2, 0) is 6.54 Å². The second kappa shape index (κ2) is 3.58. The first kappa shape index (κ1) is 9.74. The Morgan fingerprint density at radius 3 is 2.67 bits per heavy atom. The quantitative estimate of drug-likeness (QED) is 0.851. The molecule has 1 aromatic heterocycles. The van der Waals surface area contributed by atoms with E-state index in [-0.39, 0.29) is 5.54 Å². The van der Waals surface area contributed by atoms with Crippen molar-refractivity contribution in [1.82, 2.24) is 10.5 Å². The van der Waals surface area contributed by atoms with E-state index >= 15 is 0 Å². The molecule has 1 heterocycles. The first-order chi connectivity index (χ1) is 5.47. The zero-order valence-electron chi connectivity index (χ0n) is 7.52. The summed E-state index contributed by atoms with van der Waals surface area (Å²) in [6.07, 6.45) is 0. The van der Waals surface area contributed by atoms with E-state index in [4.69, 9.17) is 4.52 Å². The number of aromatic nitrogens is 1. The van der Waals surface area contributed by atoms with Crippen LogP contribution in [0.25, 0.3) is 0 Å². The van der Waals surface area contributed by atoms with E-state index in [2.05, 4.69) is 47.2 Å². The predicted molar refractivity (Wildman–Crippen MR) is 50.8 cm³/mol. The molecule has 12 heavy (non-hydrogen) atoms. The minimum absolute atomic E-state index is 0.110. The summed E-state index contributed by atoms with van der Waals surface area (Å²) in [5.74, 6) is 0.844. The molecule has 68 valence electrons. The van der Waals surface area contributed by atoms with Crippen molar-refractivity contribution < 1.29 is 4.52 Å². The Hall–Kier alpha value is -0.350. The molecule has 4 heteroatoms. The summed E-state index contributed by atoms with van der Waals surface area (Å²) in [5, 5.41) is 7.02. The van der Waals surface area contributed by atoms with Crippen molar-refractivity contribution in [2.45, 2.75) is 32.9 Å². The topological polar surface area (TPSA) is 38.1 Å². The highest BCUT2D eigenvalue weighted by Crippen LogP contribution is 2.10. The first-order valence-electron chi connectivity index (χ1n) is 3.83. The maximum absolute atomic E-state index is 5.00. The molecule has 0 radical (unpaired) electrons. The highest BCUT2D eigenvalue weighted by Gasteiger charge is 2.10. The molecule has 3 nitrogen and oxygen atoms in total. The first-order valence-corrected chi connectivity index (χ1v) is 4.63. The summed E-state index contributed by atoms with van der Waals surface area (Å²) in [4.78, 5) is 0. The maximum Gasteiger partial charge on any atom is 0.151 e. The zero-order valence-corrected chi connectivity index (χ0v) is 9.10. The highest BCUT2D eigenvalue weighted by atomic mass is 79.9. The van der Waals surface area contributed by atoms with Crippen LogP contribution >= 0.6 is 15.9 Å². The summed E-state index contributed by atoms with van der Waals surface area (Å²) < 4.78 is 5.74. The van der Waals surface area contributed by atoms with Gasteiger partial charge in [-0.1, -0.05) is 5.16 Å². The fourth-order valence-corrected chi connectivity index (χ4v) is 1.05. The fourth-order valence-electron chi connectivity index (χ4n) is 0.723. The summed E-state index contributed by atoms with van der Waals surface area (Å²) in [5.41, 5.74) is 0.110. The van der Waals surface area contributed by atoms with Gasteiger partial charge in [0.2, 0.25) is 0 Å². The summed E-state index contributed by atoms with van der Waals surface area (Å²) in [6, 6.07) is 1.86. The van der Waals surface area contributed by atoms with Gasteiger partial charge >= 0.3 is 0 Å². The van der Waals surface area contributed by atoms with Crippen LogP contribution in [0.15, 0.2) is 15.2 Å². The molecule has 0 atom stereocenters. The van der Waals surface area contributed by atoms with Gasteiger partial charge in [0.25, 0.3) is 0 Å². The molecule has 0 amide bonds. The van der Waals surface area contributed by atoms with Crippen molar-refractivity contribution in [2.24, 2.45) is 0 Å². The molecule has 0 aliphatic rings. The second-order valence-corrected chi connectivity index (χ2v) is 4.53. The molecule has 1 rings (SSSR count). The van der Waals surface area contributed by atoms with Crippen molar-refractivity contribution in [3.8, 4) is 0 Å². The van der Waals surface area contributed by atoms with Gasteiger partial charge in [-0.25, -0.2) is 0 Å². The van der Waals surface area contributed by atoms with Gasteiger partial charge in [-0.15, -0.1) is 0 Å². The highest BCUT2D eigenvalue weighted by molar-refractivity contribution is 9.10. The Morgan fingerprint density at radius 1 is 1.58 bits per heavy atom. The average Bonchev–Trinajstić information content (AvgIpc) is 2.30. The van der Waals surface area contributed by atoms with E-state index in [1.807, 2.05) is 6.07 Å². The van der Waals surface area contributed by atoms with Crippen molar-refractivity contribution in [3.63, 3.8) is 0 Å². The molecule has 1 aromatic rings. The minimum atomic E-state index is 0.110. The smallest absolute Gasteiger partial charge is 0.151 e. The van der Waals surface area contributed by atoms with Crippen molar-refractivity contribution in [2.75, 3.05) is 0 Å². The van der Waals surface area contributed by atoms with E-state index < -0.39 is 0 Å². The van der Waals surface area contributed by atoms with E-state index in [0.717, 1.165) is 10.4 Å². The number of halogens is 1. The van der Waals surface area contributed by atoms with Crippen molar-refractivity contribution in [1.29, 1.82) is 0 Å². The Kier molecular flexibility index (Phi) is 2.90. The predicted octanol–water partition coefficient (Wildman–Crippen LogP) is 2.33. The molecule has 0 fully saturated rings. The monoisotopic (exact) mass is 232 g/mol. The molecule has 0 spiro atoms. The van der Waals surface area contributed by atoms with Crippen LogP contribution in [-0.4, -0.2) is 10.7 Å². The molecule has 0 unspecified atom stereocenters. The normalized spacial score (nSPS) is 12.0. The Morgan fingerprint density at radius 2 is 2.25 bits per heavy atom. The van der Waals surface area contributed by atoms with Gasteiger partial charge in [-0.2, -0.15) is 0 Å². The molecule has 1 N–H and O–H groups in total. The van der Waals surface area contributed by atoms with Gasteiger partial charge in [0.15, 0.2) is 5.76 Å². The molecule has 0 saturated heterocycles. The summed E-state index contributed by atoms with van der Waals surface area (Å²) in [7, 11) is 0. The van der Waals surface area contributed by atoms with E-state index in [9.17, 15) is 0 Å². The lowest BCUT2D eigenvalue weighted by atomic mass is 10.1. The Balaban J connectivity index is 2.44. The summed E-state index contributed by atoms with van der Waals surface area (Å²) >= 11 is 3.22. The molecule has 0 saturated carbocycles. The van der Waals surface area contributed by atoms with E-state index in [1.54, 1.807) is 0 Å². The molecular formula is C8H13BrN2O. The van der Waals surface area contributed by atoms with Crippen LogP contribution in [0, 0.1) is 0 Å². The van der Waals surface area contributed by atoms with Crippen LogP contribution in [0.2, 0.25) is 0 Å². The number of hydrogen-bond donors (Lipinski definition) is 1. The SMILES string of the molecule is CC(C)(C)NCc1cc(Br)no1. The van der Waals surface area contributed by atoms with Gasteiger partial charge in [-0.05, 0) is 36.7 Å². The molecular weight excluding hydrogens is 220 g/mol. The number of nitrogens with zero attached hydrogens (tertiary/aromatic N) is 1. The molecule has 0 aliphatic carbocycles. The molecule has 0 aliphatic heterocycles. The van der Waals surface area contributed by atoms with Crippen LogP contribution in [0.5, 0.6) is 0 Å².